The highest BCUT2D eigenvalue weighted by molar-refractivity contribution is 7.99. The normalized spacial score (nSPS) is 31.9. The van der Waals surface area contributed by atoms with Crippen LogP contribution < -0.4 is 0 Å². The van der Waals surface area contributed by atoms with E-state index < -0.39 is 29.2 Å². The SMILES string of the molecule is O=[N+]([O-])c1ccc(CS[C@@H]2C[C@H](CO)[C@H](O)[C@H](O)[C@H]2O)cc1. The Kier molecular flexibility index (Phi) is 5.76. The van der Waals surface area contributed by atoms with E-state index in [1.807, 2.05) is 0 Å². The summed E-state index contributed by atoms with van der Waals surface area (Å²) in [5, 5.41) is 49.1. The molecular weight excluding hydrogens is 310 g/mol. The van der Waals surface area contributed by atoms with Gasteiger partial charge in [0.25, 0.3) is 5.69 Å². The molecule has 0 amide bonds. The van der Waals surface area contributed by atoms with Crippen molar-refractivity contribution in [2.24, 2.45) is 5.92 Å². The molecule has 0 aromatic heterocycles. The van der Waals surface area contributed by atoms with E-state index in [-0.39, 0.29) is 17.5 Å². The molecular formula is C14H19NO6S. The fourth-order valence-electron chi connectivity index (χ4n) is 2.54. The smallest absolute Gasteiger partial charge is 0.269 e. The van der Waals surface area contributed by atoms with Gasteiger partial charge in [0.15, 0.2) is 0 Å². The first-order chi connectivity index (χ1) is 10.4. The van der Waals surface area contributed by atoms with Crippen molar-refractivity contribution in [2.45, 2.75) is 35.7 Å². The number of hydrogen-bond donors (Lipinski definition) is 4. The molecule has 122 valence electrons. The standard InChI is InChI=1S/C14H19NO6S/c16-6-9-5-11(13(18)14(19)12(9)17)22-7-8-1-3-10(4-2-8)15(20)21/h1-4,9,11-14,16-19H,5-7H2/t9-,11-,12+,13+,14+/m1/s1. The van der Waals surface area contributed by atoms with Crippen LogP contribution in [0.1, 0.15) is 12.0 Å². The lowest BCUT2D eigenvalue weighted by Crippen LogP contribution is -2.53. The van der Waals surface area contributed by atoms with Gasteiger partial charge in [-0.05, 0) is 12.0 Å². The number of benzene rings is 1. The first-order valence-electron chi connectivity index (χ1n) is 6.94. The molecule has 0 spiro atoms. The van der Waals surface area contributed by atoms with E-state index in [9.17, 15) is 30.5 Å². The molecule has 0 bridgehead atoms. The molecule has 1 aromatic carbocycles. The zero-order valence-corrected chi connectivity index (χ0v) is 12.6. The van der Waals surface area contributed by atoms with E-state index in [4.69, 9.17) is 0 Å². The van der Waals surface area contributed by atoms with E-state index in [0.29, 0.717) is 12.2 Å². The van der Waals surface area contributed by atoms with Crippen molar-refractivity contribution in [3.8, 4) is 0 Å². The number of rotatable bonds is 5. The van der Waals surface area contributed by atoms with Crippen LogP contribution in [0, 0.1) is 16.0 Å². The molecule has 1 aromatic rings. The quantitative estimate of drug-likeness (QED) is 0.452. The summed E-state index contributed by atoms with van der Waals surface area (Å²) in [6.45, 7) is -0.250. The average Bonchev–Trinajstić information content (AvgIpc) is 2.52. The van der Waals surface area contributed by atoms with Crippen LogP contribution in [0.5, 0.6) is 0 Å². The maximum absolute atomic E-state index is 10.6. The van der Waals surface area contributed by atoms with Crippen LogP contribution in [0.3, 0.4) is 0 Å². The Morgan fingerprint density at radius 1 is 1.14 bits per heavy atom. The number of nitro benzene ring substituents is 1. The van der Waals surface area contributed by atoms with Crippen LogP contribution in [0.2, 0.25) is 0 Å². The minimum Gasteiger partial charge on any atom is -0.396 e. The average molecular weight is 329 g/mol. The van der Waals surface area contributed by atoms with Crippen molar-refractivity contribution in [1.82, 2.24) is 0 Å². The fraction of sp³-hybridized carbons (Fsp3) is 0.571. The predicted octanol–water partition coefficient (Wildman–Crippen LogP) is 0.291. The Bertz CT molecular complexity index is 509. The molecule has 0 unspecified atom stereocenters. The number of aliphatic hydroxyl groups excluding tert-OH is 4. The van der Waals surface area contributed by atoms with Gasteiger partial charge in [-0.15, -0.1) is 0 Å². The zero-order valence-electron chi connectivity index (χ0n) is 11.8. The van der Waals surface area contributed by atoms with Gasteiger partial charge in [-0.25, -0.2) is 0 Å². The summed E-state index contributed by atoms with van der Waals surface area (Å²) < 4.78 is 0. The summed E-state index contributed by atoms with van der Waals surface area (Å²) >= 11 is 1.40. The lowest BCUT2D eigenvalue weighted by atomic mass is 9.83. The van der Waals surface area contributed by atoms with Crippen molar-refractivity contribution < 1.29 is 25.3 Å². The second kappa shape index (κ2) is 7.38. The van der Waals surface area contributed by atoms with E-state index in [1.54, 1.807) is 12.1 Å². The Hall–Kier alpha value is -1.19. The molecule has 22 heavy (non-hydrogen) atoms. The van der Waals surface area contributed by atoms with Crippen molar-refractivity contribution in [3.05, 3.63) is 39.9 Å². The molecule has 8 heteroatoms. The lowest BCUT2D eigenvalue weighted by Gasteiger charge is -2.39. The first-order valence-corrected chi connectivity index (χ1v) is 7.99. The highest BCUT2D eigenvalue weighted by atomic mass is 32.2. The molecule has 1 aliphatic carbocycles. The number of aliphatic hydroxyl groups is 4. The van der Waals surface area contributed by atoms with Crippen molar-refractivity contribution in [2.75, 3.05) is 6.61 Å². The molecule has 1 aliphatic rings. The van der Waals surface area contributed by atoms with Crippen molar-refractivity contribution >= 4 is 17.4 Å². The maximum Gasteiger partial charge on any atom is 0.269 e. The third-order valence-electron chi connectivity index (χ3n) is 3.94. The van der Waals surface area contributed by atoms with Gasteiger partial charge in [0, 0.05) is 35.7 Å². The van der Waals surface area contributed by atoms with Gasteiger partial charge in [-0.2, -0.15) is 11.8 Å². The molecule has 0 radical (unpaired) electrons. The van der Waals surface area contributed by atoms with Crippen LogP contribution >= 0.6 is 11.8 Å². The summed E-state index contributed by atoms with van der Waals surface area (Å²) in [6.07, 6.45) is -3.08. The van der Waals surface area contributed by atoms with Gasteiger partial charge in [0.05, 0.1) is 17.1 Å². The molecule has 0 aliphatic heterocycles. The van der Waals surface area contributed by atoms with E-state index >= 15 is 0 Å². The van der Waals surface area contributed by atoms with Gasteiger partial charge >= 0.3 is 0 Å². The molecule has 5 atom stereocenters. The molecule has 0 saturated heterocycles. The third-order valence-corrected chi connectivity index (χ3v) is 5.34. The van der Waals surface area contributed by atoms with Gasteiger partial charge in [0.1, 0.15) is 6.10 Å². The monoisotopic (exact) mass is 329 g/mol. The van der Waals surface area contributed by atoms with Crippen LogP contribution in [0.25, 0.3) is 0 Å². The van der Waals surface area contributed by atoms with Crippen molar-refractivity contribution in [1.29, 1.82) is 0 Å². The largest absolute Gasteiger partial charge is 0.396 e. The number of non-ortho nitro benzene ring substituents is 1. The maximum atomic E-state index is 10.6. The van der Waals surface area contributed by atoms with Gasteiger partial charge in [0.2, 0.25) is 0 Å². The second-order valence-electron chi connectivity index (χ2n) is 5.42. The molecule has 1 saturated carbocycles. The van der Waals surface area contributed by atoms with E-state index in [2.05, 4.69) is 0 Å². The van der Waals surface area contributed by atoms with E-state index in [1.165, 1.54) is 23.9 Å². The minimum atomic E-state index is -1.28. The Balaban J connectivity index is 1.96. The highest BCUT2D eigenvalue weighted by Crippen LogP contribution is 2.34. The highest BCUT2D eigenvalue weighted by Gasteiger charge is 2.42. The topological polar surface area (TPSA) is 124 Å². The molecule has 0 heterocycles. The molecule has 7 nitrogen and oxygen atoms in total. The summed E-state index contributed by atoms with van der Waals surface area (Å²) in [5.74, 6) is 0.0495. The Labute approximate surface area is 131 Å². The van der Waals surface area contributed by atoms with Crippen molar-refractivity contribution in [3.63, 3.8) is 0 Å². The molecule has 4 N–H and O–H groups in total. The summed E-state index contributed by atoms with van der Waals surface area (Å²) in [7, 11) is 0. The van der Waals surface area contributed by atoms with Crippen LogP contribution in [-0.2, 0) is 5.75 Å². The predicted molar refractivity (Wildman–Crippen MR) is 81.4 cm³/mol. The van der Waals surface area contributed by atoms with Gasteiger partial charge in [-0.1, -0.05) is 12.1 Å². The summed E-state index contributed by atoms with van der Waals surface area (Å²) in [6, 6.07) is 6.13. The van der Waals surface area contributed by atoms with Crippen LogP contribution in [0.15, 0.2) is 24.3 Å². The number of thioether (sulfide) groups is 1. The fourth-order valence-corrected chi connectivity index (χ4v) is 3.88. The number of nitro groups is 1. The number of nitrogens with zero attached hydrogens (tertiary/aromatic N) is 1. The van der Waals surface area contributed by atoms with E-state index in [0.717, 1.165) is 5.56 Å². The zero-order chi connectivity index (χ0) is 16.3. The van der Waals surface area contributed by atoms with Gasteiger partial charge in [-0.3, -0.25) is 10.1 Å². The Morgan fingerprint density at radius 2 is 1.77 bits per heavy atom. The Morgan fingerprint density at radius 3 is 2.32 bits per heavy atom. The lowest BCUT2D eigenvalue weighted by molar-refractivity contribution is -0.384. The third kappa shape index (κ3) is 3.76. The minimum absolute atomic E-state index is 0.0188. The second-order valence-corrected chi connectivity index (χ2v) is 6.65. The molecule has 1 fully saturated rings. The van der Waals surface area contributed by atoms with Crippen LogP contribution in [0.4, 0.5) is 5.69 Å². The number of hydrogen-bond acceptors (Lipinski definition) is 7. The summed E-state index contributed by atoms with van der Waals surface area (Å²) in [5.41, 5.74) is 0.884. The van der Waals surface area contributed by atoms with Crippen LogP contribution in [-0.4, -0.2) is 55.5 Å². The molecule has 2 rings (SSSR count). The van der Waals surface area contributed by atoms with Gasteiger partial charge < -0.3 is 20.4 Å². The summed E-state index contributed by atoms with van der Waals surface area (Å²) in [4.78, 5) is 10.1. The first kappa shape index (κ1) is 17.2.